The Labute approximate surface area is 138 Å². The first-order valence-corrected chi connectivity index (χ1v) is 9.91. The van der Waals surface area contributed by atoms with Gasteiger partial charge in [-0.25, -0.2) is 8.42 Å². The third kappa shape index (κ3) is 28.1. The number of quaternary nitrogens is 1. The van der Waals surface area contributed by atoms with Crippen LogP contribution in [-0.4, -0.2) is 25.1 Å². The fraction of sp³-hybridized carbons (Fsp3) is 1.00. The van der Waals surface area contributed by atoms with Gasteiger partial charge < -0.3 is 10.3 Å². The Kier molecular flexibility index (Phi) is 15.8. The standard InChI is InChI=1S/C14H31N.C2H6O4S/c1-4-5-6-7-8-9-10-11-12-13-14(2,3)15;1-2-6-7(3,4)5/h4-13,15H2,1-3H3;2H2,1H3,(H,3,4,5). The van der Waals surface area contributed by atoms with Gasteiger partial charge in [0.05, 0.1) is 12.1 Å². The topological polar surface area (TPSA) is 94.1 Å². The van der Waals surface area contributed by atoms with E-state index in [9.17, 15) is 13.0 Å². The van der Waals surface area contributed by atoms with Crippen molar-refractivity contribution in [3.05, 3.63) is 0 Å². The van der Waals surface area contributed by atoms with Crippen molar-refractivity contribution < 1.29 is 22.9 Å². The van der Waals surface area contributed by atoms with E-state index in [1.807, 2.05) is 0 Å². The Morgan fingerprint density at radius 2 is 1.32 bits per heavy atom. The lowest BCUT2D eigenvalue weighted by Crippen LogP contribution is -2.68. The molecule has 5 nitrogen and oxygen atoms in total. The average Bonchev–Trinajstić information content (AvgIpc) is 2.35. The lowest BCUT2D eigenvalue weighted by molar-refractivity contribution is -0.467. The molecule has 0 heterocycles. The van der Waals surface area contributed by atoms with E-state index < -0.39 is 10.4 Å². The van der Waals surface area contributed by atoms with Crippen LogP contribution in [0.15, 0.2) is 0 Å². The second-order valence-electron chi connectivity index (χ2n) is 6.56. The normalized spacial score (nSPS) is 11.9. The molecule has 0 amide bonds. The highest BCUT2D eigenvalue weighted by atomic mass is 32.3. The fourth-order valence-electron chi connectivity index (χ4n) is 2.06. The van der Waals surface area contributed by atoms with Gasteiger partial charge in [-0.05, 0) is 27.2 Å². The van der Waals surface area contributed by atoms with Crippen molar-refractivity contribution in [1.29, 1.82) is 0 Å². The molecule has 0 aliphatic carbocycles. The maximum absolute atomic E-state index is 9.45. The SMILES string of the molecule is CCCCCCCCCCCC(C)(C)[NH3+].CCOS(=O)(=O)[O-]. The molecule has 0 rings (SSSR count). The first-order valence-electron chi connectivity index (χ1n) is 8.58. The minimum absolute atomic E-state index is 0.0914. The lowest BCUT2D eigenvalue weighted by Gasteiger charge is -2.13. The molecule has 0 unspecified atom stereocenters. The van der Waals surface area contributed by atoms with Crippen LogP contribution in [0.25, 0.3) is 0 Å². The molecular formula is C16H37NO4S. The first kappa shape index (κ1) is 24.1. The van der Waals surface area contributed by atoms with Crippen LogP contribution in [0, 0.1) is 0 Å². The molecule has 0 aromatic heterocycles. The molecular weight excluding hydrogens is 302 g/mol. The summed E-state index contributed by atoms with van der Waals surface area (Å²) in [6, 6.07) is 0. The van der Waals surface area contributed by atoms with E-state index >= 15 is 0 Å². The fourth-order valence-corrected chi connectivity index (χ4v) is 2.35. The molecule has 136 valence electrons. The van der Waals surface area contributed by atoms with Crippen molar-refractivity contribution >= 4 is 10.4 Å². The summed E-state index contributed by atoms with van der Waals surface area (Å²) in [5.41, 5.74) is 4.43. The molecule has 22 heavy (non-hydrogen) atoms. The summed E-state index contributed by atoms with van der Waals surface area (Å²) in [5, 5.41) is 0. The van der Waals surface area contributed by atoms with Crippen LogP contribution in [0.5, 0.6) is 0 Å². The van der Waals surface area contributed by atoms with Gasteiger partial charge in [0.2, 0.25) is 10.4 Å². The zero-order chi connectivity index (χ0) is 17.5. The summed E-state index contributed by atoms with van der Waals surface area (Å²) in [6.45, 7) is 8.08. The third-order valence-corrected chi connectivity index (χ3v) is 3.74. The smallest absolute Gasteiger partial charge is 0.217 e. The molecule has 0 saturated carbocycles. The molecule has 0 saturated heterocycles. The highest BCUT2D eigenvalue weighted by molar-refractivity contribution is 7.80. The highest BCUT2D eigenvalue weighted by Gasteiger charge is 2.12. The number of unbranched alkanes of at least 4 members (excludes halogenated alkanes) is 8. The van der Waals surface area contributed by atoms with E-state index in [0.29, 0.717) is 5.54 Å². The Hall–Kier alpha value is -0.170. The molecule has 0 spiro atoms. The third-order valence-electron chi connectivity index (χ3n) is 3.22. The number of hydrogen-bond donors (Lipinski definition) is 1. The van der Waals surface area contributed by atoms with Crippen LogP contribution in [0.1, 0.15) is 91.9 Å². The van der Waals surface area contributed by atoms with Crippen LogP contribution in [-0.2, 0) is 14.6 Å². The summed E-state index contributed by atoms with van der Waals surface area (Å²) in [4.78, 5) is 0. The van der Waals surface area contributed by atoms with Gasteiger partial charge in [0.25, 0.3) is 0 Å². The monoisotopic (exact) mass is 339 g/mol. The van der Waals surface area contributed by atoms with Gasteiger partial charge in [0.1, 0.15) is 0 Å². The Bertz CT molecular complexity index is 324. The van der Waals surface area contributed by atoms with Crippen LogP contribution >= 0.6 is 0 Å². The Morgan fingerprint density at radius 3 is 1.59 bits per heavy atom. The Balaban J connectivity index is 0. The summed E-state index contributed by atoms with van der Waals surface area (Å²) in [6.07, 6.45) is 14.1. The number of hydrogen-bond acceptors (Lipinski definition) is 4. The van der Waals surface area contributed by atoms with Crippen LogP contribution in [0.3, 0.4) is 0 Å². The molecule has 0 aliphatic heterocycles. The maximum atomic E-state index is 9.45. The van der Waals surface area contributed by atoms with Crippen molar-refractivity contribution in [1.82, 2.24) is 0 Å². The lowest BCUT2D eigenvalue weighted by atomic mass is 9.97. The van der Waals surface area contributed by atoms with E-state index in [2.05, 4.69) is 30.7 Å². The molecule has 0 fully saturated rings. The summed E-state index contributed by atoms with van der Waals surface area (Å²) in [7, 11) is -4.42. The van der Waals surface area contributed by atoms with Crippen molar-refractivity contribution in [3.8, 4) is 0 Å². The quantitative estimate of drug-likeness (QED) is 0.335. The molecule has 0 aromatic rings. The van der Waals surface area contributed by atoms with Gasteiger partial charge >= 0.3 is 0 Å². The van der Waals surface area contributed by atoms with E-state index in [1.54, 1.807) is 0 Å². The molecule has 0 aromatic carbocycles. The largest absolute Gasteiger partial charge is 0.726 e. The van der Waals surface area contributed by atoms with Crippen molar-refractivity contribution in [2.45, 2.75) is 97.4 Å². The van der Waals surface area contributed by atoms with Crippen LogP contribution in [0.4, 0.5) is 0 Å². The van der Waals surface area contributed by atoms with E-state index in [4.69, 9.17) is 0 Å². The van der Waals surface area contributed by atoms with Gasteiger partial charge in [0.15, 0.2) is 0 Å². The van der Waals surface area contributed by atoms with Gasteiger partial charge in [-0.15, -0.1) is 0 Å². The maximum Gasteiger partial charge on any atom is 0.217 e. The molecule has 6 heteroatoms. The summed E-state index contributed by atoms with van der Waals surface area (Å²) >= 11 is 0. The van der Waals surface area contributed by atoms with Crippen LogP contribution in [0.2, 0.25) is 0 Å². The minimum Gasteiger partial charge on any atom is -0.726 e. The first-order chi connectivity index (χ1) is 10.1. The van der Waals surface area contributed by atoms with Gasteiger partial charge in [-0.3, -0.25) is 4.18 Å². The van der Waals surface area contributed by atoms with E-state index in [0.717, 1.165) is 0 Å². The Morgan fingerprint density at radius 1 is 0.909 bits per heavy atom. The van der Waals surface area contributed by atoms with Crippen molar-refractivity contribution in [2.75, 3.05) is 6.61 Å². The molecule has 0 aliphatic rings. The zero-order valence-corrected chi connectivity index (χ0v) is 15.8. The number of rotatable bonds is 12. The van der Waals surface area contributed by atoms with E-state index in [1.165, 1.54) is 71.1 Å². The van der Waals surface area contributed by atoms with Crippen LogP contribution < -0.4 is 5.73 Å². The summed E-state index contributed by atoms with van der Waals surface area (Å²) in [5.74, 6) is 0. The second-order valence-corrected chi connectivity index (χ2v) is 7.61. The predicted octanol–water partition coefficient (Wildman–Crippen LogP) is 3.41. The predicted molar refractivity (Wildman–Crippen MR) is 90.1 cm³/mol. The molecule has 0 atom stereocenters. The minimum atomic E-state index is -4.42. The van der Waals surface area contributed by atoms with E-state index in [-0.39, 0.29) is 6.61 Å². The highest BCUT2D eigenvalue weighted by Crippen LogP contribution is 2.13. The summed E-state index contributed by atoms with van der Waals surface area (Å²) < 4.78 is 32.0. The van der Waals surface area contributed by atoms with Crippen molar-refractivity contribution in [3.63, 3.8) is 0 Å². The van der Waals surface area contributed by atoms with Gasteiger partial charge in [0, 0.05) is 6.42 Å². The van der Waals surface area contributed by atoms with Gasteiger partial charge in [-0.2, -0.15) is 0 Å². The zero-order valence-electron chi connectivity index (χ0n) is 15.0. The molecule has 0 bridgehead atoms. The molecule has 3 N–H and O–H groups in total. The molecule has 0 radical (unpaired) electrons. The van der Waals surface area contributed by atoms with Crippen molar-refractivity contribution in [2.24, 2.45) is 0 Å². The second kappa shape index (κ2) is 14.4. The average molecular weight is 340 g/mol. The van der Waals surface area contributed by atoms with Gasteiger partial charge in [-0.1, -0.05) is 58.3 Å².